The first-order chi connectivity index (χ1) is 15.7. The van der Waals surface area contributed by atoms with Crippen LogP contribution >= 0.6 is 0 Å². The summed E-state index contributed by atoms with van der Waals surface area (Å²) in [5.41, 5.74) is 2.40. The smallest absolute Gasteiger partial charge is 0.241 e. The topological polar surface area (TPSA) is 84.0 Å². The van der Waals surface area contributed by atoms with Crippen LogP contribution in [-0.2, 0) is 17.6 Å². The van der Waals surface area contributed by atoms with E-state index in [4.69, 9.17) is 9.47 Å². The number of rotatable bonds is 13. The Labute approximate surface area is 191 Å². The number of amides is 1. The van der Waals surface area contributed by atoms with Crippen molar-refractivity contribution in [3.05, 3.63) is 59.7 Å². The standard InChI is InChI=1S/C25H36N4O3/c1-4-26-25(29-19-24(30)27-17-15-20-10-7-6-8-11-20)28-16-9-12-21-13-14-22(31-3)23(18-21)32-5-2/h6-8,10-11,13-14,18H,4-5,9,12,15-17,19H2,1-3H3,(H,27,30)(H2,26,28,29). The summed E-state index contributed by atoms with van der Waals surface area (Å²) in [4.78, 5) is 16.5. The lowest BCUT2D eigenvalue weighted by Crippen LogP contribution is -2.39. The molecule has 7 nitrogen and oxygen atoms in total. The molecular formula is C25H36N4O3. The molecule has 0 saturated heterocycles. The Kier molecular flexibility index (Phi) is 11.5. The van der Waals surface area contributed by atoms with Crippen LogP contribution in [0.15, 0.2) is 53.5 Å². The van der Waals surface area contributed by atoms with Crippen LogP contribution < -0.4 is 25.4 Å². The van der Waals surface area contributed by atoms with Gasteiger partial charge in [-0.2, -0.15) is 0 Å². The normalized spacial score (nSPS) is 11.0. The molecule has 7 heteroatoms. The van der Waals surface area contributed by atoms with Crippen molar-refractivity contribution in [1.29, 1.82) is 0 Å². The molecule has 0 radical (unpaired) electrons. The number of guanidine groups is 1. The van der Waals surface area contributed by atoms with Gasteiger partial charge in [0.25, 0.3) is 0 Å². The van der Waals surface area contributed by atoms with Gasteiger partial charge in [-0.1, -0.05) is 36.4 Å². The quantitative estimate of drug-likeness (QED) is 0.253. The van der Waals surface area contributed by atoms with E-state index in [-0.39, 0.29) is 12.5 Å². The van der Waals surface area contributed by atoms with Crippen LogP contribution in [0.1, 0.15) is 31.4 Å². The van der Waals surface area contributed by atoms with Crippen LogP contribution in [0.25, 0.3) is 0 Å². The summed E-state index contributed by atoms with van der Waals surface area (Å²) in [7, 11) is 1.65. The van der Waals surface area contributed by atoms with Crippen LogP contribution in [0.4, 0.5) is 0 Å². The largest absolute Gasteiger partial charge is 0.493 e. The second-order valence-corrected chi connectivity index (χ2v) is 7.23. The SMILES string of the molecule is CCNC(=NCC(=O)NCCc1ccccc1)NCCCc1ccc(OC)c(OCC)c1. The van der Waals surface area contributed by atoms with Crippen LogP contribution in [0, 0.1) is 0 Å². The fraction of sp³-hybridized carbons (Fsp3) is 0.440. The number of aliphatic imine (C=N–C) groups is 1. The molecule has 2 aromatic carbocycles. The van der Waals surface area contributed by atoms with Crippen molar-refractivity contribution < 1.29 is 14.3 Å². The summed E-state index contributed by atoms with van der Waals surface area (Å²) in [6.45, 7) is 6.75. The molecule has 174 valence electrons. The Bertz CT molecular complexity index is 840. The lowest BCUT2D eigenvalue weighted by molar-refractivity contribution is -0.119. The van der Waals surface area contributed by atoms with Crippen molar-refractivity contribution in [1.82, 2.24) is 16.0 Å². The number of nitrogens with zero attached hydrogens (tertiary/aromatic N) is 1. The third kappa shape index (κ3) is 9.29. The molecule has 0 aliphatic heterocycles. The number of carbonyl (C=O) groups excluding carboxylic acids is 1. The van der Waals surface area contributed by atoms with Gasteiger partial charge in [0.1, 0.15) is 6.54 Å². The number of methoxy groups -OCH3 is 1. The molecule has 2 rings (SSSR count). The molecule has 1 amide bonds. The molecule has 0 heterocycles. The van der Waals surface area contributed by atoms with E-state index in [1.165, 1.54) is 11.1 Å². The van der Waals surface area contributed by atoms with E-state index in [2.05, 4.69) is 39.1 Å². The third-order valence-electron chi connectivity index (χ3n) is 4.77. The molecule has 0 saturated carbocycles. The Morgan fingerprint density at radius 1 is 0.906 bits per heavy atom. The van der Waals surface area contributed by atoms with Crippen molar-refractivity contribution in [2.24, 2.45) is 4.99 Å². The van der Waals surface area contributed by atoms with Gasteiger partial charge in [-0.25, -0.2) is 4.99 Å². The maximum atomic E-state index is 12.1. The molecule has 0 aliphatic carbocycles. The van der Waals surface area contributed by atoms with Crippen molar-refractivity contribution in [3.63, 3.8) is 0 Å². The number of nitrogens with one attached hydrogen (secondary N) is 3. The van der Waals surface area contributed by atoms with Gasteiger partial charge >= 0.3 is 0 Å². The highest BCUT2D eigenvalue weighted by atomic mass is 16.5. The van der Waals surface area contributed by atoms with Crippen LogP contribution in [0.3, 0.4) is 0 Å². The molecule has 0 aliphatic rings. The molecule has 0 atom stereocenters. The number of hydrogen-bond donors (Lipinski definition) is 3. The van der Waals surface area contributed by atoms with Gasteiger partial charge in [-0.15, -0.1) is 0 Å². The van der Waals surface area contributed by atoms with E-state index in [9.17, 15) is 4.79 Å². The first-order valence-corrected chi connectivity index (χ1v) is 11.3. The van der Waals surface area contributed by atoms with Crippen LogP contribution in [-0.4, -0.2) is 51.8 Å². The van der Waals surface area contributed by atoms with Gasteiger partial charge in [0, 0.05) is 19.6 Å². The minimum Gasteiger partial charge on any atom is -0.493 e. The fourth-order valence-corrected chi connectivity index (χ4v) is 3.18. The van der Waals surface area contributed by atoms with Crippen LogP contribution in [0.2, 0.25) is 0 Å². The summed E-state index contributed by atoms with van der Waals surface area (Å²) in [6.07, 6.45) is 2.63. The molecule has 32 heavy (non-hydrogen) atoms. The molecule has 2 aromatic rings. The van der Waals surface area contributed by atoms with Crippen molar-refractivity contribution in [3.8, 4) is 11.5 Å². The van der Waals surface area contributed by atoms with Crippen molar-refractivity contribution in [2.45, 2.75) is 33.1 Å². The molecule has 0 bridgehead atoms. The summed E-state index contributed by atoms with van der Waals surface area (Å²) < 4.78 is 11.0. The Morgan fingerprint density at radius 3 is 2.44 bits per heavy atom. The van der Waals surface area contributed by atoms with E-state index in [0.29, 0.717) is 19.1 Å². The highest BCUT2D eigenvalue weighted by Crippen LogP contribution is 2.28. The first-order valence-electron chi connectivity index (χ1n) is 11.3. The minimum atomic E-state index is -0.0835. The highest BCUT2D eigenvalue weighted by molar-refractivity contribution is 5.84. The molecular weight excluding hydrogens is 404 g/mol. The van der Waals surface area contributed by atoms with E-state index in [1.807, 2.05) is 44.2 Å². The molecule has 0 fully saturated rings. The maximum absolute atomic E-state index is 12.1. The average Bonchev–Trinajstić information content (AvgIpc) is 2.81. The number of benzene rings is 2. The van der Waals surface area contributed by atoms with E-state index < -0.39 is 0 Å². The predicted molar refractivity (Wildman–Crippen MR) is 130 cm³/mol. The predicted octanol–water partition coefficient (Wildman–Crippen LogP) is 2.94. The Morgan fingerprint density at radius 2 is 1.72 bits per heavy atom. The van der Waals surface area contributed by atoms with Gasteiger partial charge in [0.05, 0.1) is 13.7 Å². The van der Waals surface area contributed by atoms with Crippen molar-refractivity contribution >= 4 is 11.9 Å². The third-order valence-corrected chi connectivity index (χ3v) is 4.77. The number of carbonyl (C=O) groups is 1. The minimum absolute atomic E-state index is 0.0835. The maximum Gasteiger partial charge on any atom is 0.241 e. The van der Waals surface area contributed by atoms with Gasteiger partial charge in [-0.3, -0.25) is 4.79 Å². The fourth-order valence-electron chi connectivity index (χ4n) is 3.18. The lowest BCUT2D eigenvalue weighted by atomic mass is 10.1. The summed E-state index contributed by atoms with van der Waals surface area (Å²) >= 11 is 0. The second kappa shape index (κ2) is 14.7. The van der Waals surface area contributed by atoms with Crippen molar-refractivity contribution in [2.75, 3.05) is 39.9 Å². The van der Waals surface area contributed by atoms with Gasteiger partial charge in [0.2, 0.25) is 5.91 Å². The zero-order valence-corrected chi connectivity index (χ0v) is 19.4. The first kappa shape index (κ1) is 25.0. The summed E-state index contributed by atoms with van der Waals surface area (Å²) in [6, 6.07) is 16.1. The Hall–Kier alpha value is -3.22. The zero-order valence-electron chi connectivity index (χ0n) is 19.4. The van der Waals surface area contributed by atoms with Gasteiger partial charge < -0.3 is 25.4 Å². The molecule has 3 N–H and O–H groups in total. The lowest BCUT2D eigenvalue weighted by Gasteiger charge is -2.13. The number of hydrogen-bond acceptors (Lipinski definition) is 4. The molecule has 0 unspecified atom stereocenters. The Balaban J connectivity index is 1.73. The van der Waals surface area contributed by atoms with E-state index in [0.717, 1.165) is 43.9 Å². The molecule has 0 aromatic heterocycles. The van der Waals surface area contributed by atoms with Crippen LogP contribution in [0.5, 0.6) is 11.5 Å². The van der Waals surface area contributed by atoms with E-state index in [1.54, 1.807) is 7.11 Å². The molecule has 0 spiro atoms. The average molecular weight is 441 g/mol. The van der Waals surface area contributed by atoms with Gasteiger partial charge in [-0.05, 0) is 56.4 Å². The number of ether oxygens (including phenoxy) is 2. The second-order valence-electron chi connectivity index (χ2n) is 7.23. The summed E-state index contributed by atoms with van der Waals surface area (Å²) in [5.74, 6) is 2.08. The zero-order chi connectivity index (χ0) is 23.0. The van der Waals surface area contributed by atoms with E-state index >= 15 is 0 Å². The monoisotopic (exact) mass is 440 g/mol. The van der Waals surface area contributed by atoms with Gasteiger partial charge in [0.15, 0.2) is 17.5 Å². The summed E-state index contributed by atoms with van der Waals surface area (Å²) in [5, 5.41) is 9.39. The highest BCUT2D eigenvalue weighted by Gasteiger charge is 2.06. The number of aryl methyl sites for hydroxylation is 1.